The van der Waals surface area contributed by atoms with Crippen molar-refractivity contribution in [1.82, 2.24) is 30.0 Å². The predicted molar refractivity (Wildman–Crippen MR) is 144 cm³/mol. The number of nitrogens with one attached hydrogen (secondary N) is 2. The van der Waals surface area contributed by atoms with Gasteiger partial charge in [-0.25, -0.2) is 14.2 Å². The molecule has 4 rings (SSSR count). The van der Waals surface area contributed by atoms with E-state index in [4.69, 9.17) is 26.2 Å². The molecule has 38 heavy (non-hydrogen) atoms. The molecule has 0 radical (unpaired) electrons. The number of hydrogen-bond acceptors (Lipinski definition) is 9. The van der Waals surface area contributed by atoms with Crippen molar-refractivity contribution in [2.24, 2.45) is 0 Å². The molecule has 3 heterocycles. The first kappa shape index (κ1) is 29.3. The molecule has 1 fully saturated rings. The van der Waals surface area contributed by atoms with Gasteiger partial charge in [0, 0.05) is 31.3 Å². The van der Waals surface area contributed by atoms with E-state index in [9.17, 15) is 9.00 Å². The van der Waals surface area contributed by atoms with Gasteiger partial charge in [-0.05, 0) is 39.3 Å². The number of methoxy groups -OCH3 is 2. The predicted octanol–water partition coefficient (Wildman–Crippen LogP) is 2.77. The van der Waals surface area contributed by atoms with Gasteiger partial charge >= 0.3 is 0 Å². The van der Waals surface area contributed by atoms with Crippen LogP contribution < -0.4 is 19.5 Å². The van der Waals surface area contributed by atoms with E-state index in [1.165, 1.54) is 12.4 Å². The smallest absolute Gasteiger partial charge is 0.241 e. The SMILES string of the molecule is CC(C)O.COc1cccc(OC)c1-n1c(NS(=O)C(C)Cc2ncc(Cl)cn2)nnc1C1CCC(=O)N1. The maximum Gasteiger partial charge on any atom is 0.241 e. The van der Waals surface area contributed by atoms with Gasteiger partial charge in [0.2, 0.25) is 11.9 Å². The van der Waals surface area contributed by atoms with Crippen LogP contribution in [0.2, 0.25) is 5.02 Å². The standard InChI is InChI=1S/C21H24ClN7O4S.C3H8O/c1-12(9-17-23-10-13(22)11-24-17)34(31)28-21-27-26-20(14-7-8-18(30)25-14)29(21)19-15(32-2)5-4-6-16(19)33-3;1-3(2)4/h4-6,10-12,14H,7-9H2,1-3H3,(H,25,30)(H,27,28);3-4H,1-2H3. The van der Waals surface area contributed by atoms with E-state index in [0.717, 1.165) is 0 Å². The van der Waals surface area contributed by atoms with Crippen molar-refractivity contribution in [3.8, 4) is 17.2 Å². The van der Waals surface area contributed by atoms with E-state index in [-0.39, 0.29) is 29.3 Å². The van der Waals surface area contributed by atoms with Crippen molar-refractivity contribution in [2.45, 2.75) is 57.4 Å². The molecule has 12 nitrogen and oxygen atoms in total. The van der Waals surface area contributed by atoms with E-state index >= 15 is 0 Å². The van der Waals surface area contributed by atoms with E-state index in [0.29, 0.717) is 53.1 Å². The maximum absolute atomic E-state index is 13.2. The maximum atomic E-state index is 13.2. The lowest BCUT2D eigenvalue weighted by Crippen LogP contribution is -2.25. The molecule has 1 aromatic carbocycles. The summed E-state index contributed by atoms with van der Waals surface area (Å²) < 4.78 is 28.9. The zero-order valence-electron chi connectivity index (χ0n) is 21.8. The minimum absolute atomic E-state index is 0.0683. The highest BCUT2D eigenvalue weighted by molar-refractivity contribution is 7.86. The van der Waals surface area contributed by atoms with Crippen molar-refractivity contribution in [3.63, 3.8) is 0 Å². The van der Waals surface area contributed by atoms with Crippen molar-refractivity contribution in [1.29, 1.82) is 0 Å². The van der Waals surface area contributed by atoms with Gasteiger partial charge in [-0.2, -0.15) is 0 Å². The van der Waals surface area contributed by atoms with Gasteiger partial charge in [0.15, 0.2) is 5.82 Å². The number of nitrogens with zero attached hydrogens (tertiary/aromatic N) is 5. The third-order valence-corrected chi connectivity index (χ3v) is 6.80. The number of carbonyl (C=O) groups is 1. The molecule has 3 aromatic rings. The minimum Gasteiger partial charge on any atom is -0.494 e. The average Bonchev–Trinajstić information content (AvgIpc) is 3.50. The molecule has 1 saturated heterocycles. The van der Waals surface area contributed by atoms with Gasteiger partial charge in [-0.1, -0.05) is 17.7 Å². The molecule has 14 heteroatoms. The highest BCUT2D eigenvalue weighted by Crippen LogP contribution is 2.37. The van der Waals surface area contributed by atoms with Crippen LogP contribution in [-0.2, 0) is 22.2 Å². The summed E-state index contributed by atoms with van der Waals surface area (Å²) >= 11 is 5.85. The van der Waals surface area contributed by atoms with E-state index in [1.807, 2.05) is 6.92 Å². The molecule has 206 valence electrons. The normalized spacial score (nSPS) is 16.3. The number of aromatic nitrogens is 5. The van der Waals surface area contributed by atoms with Gasteiger partial charge in [-0.3, -0.25) is 14.1 Å². The zero-order chi connectivity index (χ0) is 27.8. The first-order valence-corrected chi connectivity index (χ1v) is 13.5. The molecule has 3 N–H and O–H groups in total. The molecular weight excluding hydrogens is 534 g/mol. The van der Waals surface area contributed by atoms with Crippen molar-refractivity contribution in [3.05, 3.63) is 47.3 Å². The van der Waals surface area contributed by atoms with Crippen LogP contribution in [-0.4, -0.2) is 65.5 Å². The third-order valence-electron chi connectivity index (χ3n) is 5.32. The zero-order valence-corrected chi connectivity index (χ0v) is 23.4. The van der Waals surface area contributed by atoms with Crippen LogP contribution in [0.5, 0.6) is 11.5 Å². The lowest BCUT2D eigenvalue weighted by molar-refractivity contribution is -0.119. The van der Waals surface area contributed by atoms with Crippen molar-refractivity contribution in [2.75, 3.05) is 18.9 Å². The van der Waals surface area contributed by atoms with Gasteiger partial charge in [0.1, 0.15) is 34.0 Å². The Hall–Kier alpha value is -3.29. The number of rotatable bonds is 9. The van der Waals surface area contributed by atoms with E-state index in [1.54, 1.807) is 50.8 Å². The first-order valence-electron chi connectivity index (χ1n) is 11.9. The number of halogens is 1. The third kappa shape index (κ3) is 7.39. The fraction of sp³-hybridized carbons (Fsp3) is 0.458. The monoisotopic (exact) mass is 565 g/mol. The highest BCUT2D eigenvalue weighted by Gasteiger charge is 2.31. The Balaban J connectivity index is 0.000000934. The second-order valence-electron chi connectivity index (χ2n) is 8.71. The molecule has 0 spiro atoms. The largest absolute Gasteiger partial charge is 0.494 e. The topological polar surface area (TPSA) is 153 Å². The summed E-state index contributed by atoms with van der Waals surface area (Å²) in [7, 11) is 1.51. The Morgan fingerprint density at radius 2 is 1.79 bits per heavy atom. The lowest BCUT2D eigenvalue weighted by atomic mass is 10.2. The van der Waals surface area contributed by atoms with Crippen LogP contribution in [0.15, 0.2) is 30.6 Å². The number of hydrogen-bond donors (Lipinski definition) is 3. The molecule has 1 aliphatic rings. The fourth-order valence-corrected chi connectivity index (χ4v) is 4.55. The van der Waals surface area contributed by atoms with Crippen molar-refractivity contribution < 1.29 is 23.6 Å². The Morgan fingerprint density at radius 1 is 1.18 bits per heavy atom. The first-order chi connectivity index (χ1) is 18.1. The van der Waals surface area contributed by atoms with Crippen LogP contribution in [0, 0.1) is 0 Å². The van der Waals surface area contributed by atoms with Crippen LogP contribution in [0.4, 0.5) is 5.95 Å². The second kappa shape index (κ2) is 13.5. The molecule has 0 bridgehead atoms. The molecule has 0 saturated carbocycles. The quantitative estimate of drug-likeness (QED) is 0.355. The highest BCUT2D eigenvalue weighted by atomic mass is 35.5. The molecule has 0 aliphatic carbocycles. The van der Waals surface area contributed by atoms with E-state index in [2.05, 4.69) is 30.2 Å². The van der Waals surface area contributed by atoms with Gasteiger partial charge in [0.05, 0.1) is 30.5 Å². The number of aliphatic hydroxyl groups excluding tert-OH is 1. The lowest BCUT2D eigenvalue weighted by Gasteiger charge is -2.20. The van der Waals surface area contributed by atoms with Crippen LogP contribution in [0.1, 0.15) is 51.3 Å². The summed E-state index contributed by atoms with van der Waals surface area (Å²) in [6, 6.07) is 4.98. The van der Waals surface area contributed by atoms with Crippen LogP contribution in [0.3, 0.4) is 0 Å². The number of anilines is 1. The number of amides is 1. The molecule has 2 aromatic heterocycles. The summed E-state index contributed by atoms with van der Waals surface area (Å²) in [6.45, 7) is 5.25. The minimum atomic E-state index is -1.57. The summed E-state index contributed by atoms with van der Waals surface area (Å²) in [5, 5.41) is 19.6. The Labute approximate surface area is 228 Å². The summed E-state index contributed by atoms with van der Waals surface area (Å²) in [6.07, 6.45) is 4.13. The number of ether oxygens (including phenoxy) is 2. The number of carbonyl (C=O) groups excluding carboxylic acids is 1. The Bertz CT molecular complexity index is 1230. The Kier molecular flexibility index (Phi) is 10.4. The Morgan fingerprint density at radius 3 is 2.32 bits per heavy atom. The number of para-hydroxylation sites is 1. The average molecular weight is 566 g/mol. The molecule has 1 aliphatic heterocycles. The summed E-state index contributed by atoms with van der Waals surface area (Å²) in [4.78, 5) is 20.2. The number of aliphatic hydroxyl groups is 1. The molecule has 1 amide bonds. The fourth-order valence-electron chi connectivity index (χ4n) is 3.64. The molecule has 3 unspecified atom stereocenters. The molecular formula is C24H32ClN7O5S. The summed E-state index contributed by atoms with van der Waals surface area (Å²) in [5.41, 5.74) is 0.529. The summed E-state index contributed by atoms with van der Waals surface area (Å²) in [5.74, 6) is 2.15. The van der Waals surface area contributed by atoms with Gasteiger partial charge < -0.3 is 19.9 Å². The van der Waals surface area contributed by atoms with E-state index < -0.39 is 11.0 Å². The van der Waals surface area contributed by atoms with Gasteiger partial charge in [0.25, 0.3) is 0 Å². The molecule has 3 atom stereocenters. The van der Waals surface area contributed by atoms with Crippen LogP contribution in [0.25, 0.3) is 5.69 Å². The van der Waals surface area contributed by atoms with Gasteiger partial charge in [-0.15, -0.1) is 10.2 Å². The van der Waals surface area contributed by atoms with Crippen LogP contribution >= 0.6 is 11.6 Å². The van der Waals surface area contributed by atoms with Crippen molar-refractivity contribution >= 4 is 34.4 Å². The number of benzene rings is 1. The second-order valence-corrected chi connectivity index (χ2v) is 10.8.